The maximum Gasteiger partial charge on any atom is 0.220 e. The van der Waals surface area contributed by atoms with Crippen molar-refractivity contribution in [3.8, 4) is 0 Å². The summed E-state index contributed by atoms with van der Waals surface area (Å²) in [7, 11) is 0. The number of rotatable bonds is 5. The van der Waals surface area contributed by atoms with Gasteiger partial charge in [-0.25, -0.2) is 9.50 Å². The lowest BCUT2D eigenvalue weighted by Crippen LogP contribution is -2.29. The highest BCUT2D eigenvalue weighted by Gasteiger charge is 2.17. The van der Waals surface area contributed by atoms with Gasteiger partial charge in [0.05, 0.1) is 12.1 Å². The third-order valence-electron chi connectivity index (χ3n) is 5.23. The van der Waals surface area contributed by atoms with Crippen molar-refractivity contribution < 1.29 is 9.53 Å². The molecule has 1 fully saturated rings. The number of amides is 1. The van der Waals surface area contributed by atoms with Crippen LogP contribution >= 0.6 is 0 Å². The smallest absolute Gasteiger partial charge is 0.220 e. The number of carbonyl (C=O) groups excluding carboxylic acids is 1. The maximum absolute atomic E-state index is 12.2. The molecule has 3 aromatic rings. The van der Waals surface area contributed by atoms with Crippen LogP contribution in [0.5, 0.6) is 0 Å². The van der Waals surface area contributed by atoms with Crippen LogP contribution in [-0.2, 0) is 16.0 Å². The van der Waals surface area contributed by atoms with E-state index in [1.54, 1.807) is 0 Å². The molecule has 2 aromatic heterocycles. The molecule has 26 heavy (non-hydrogen) atoms. The number of fused-ring (bicyclic) bond motifs is 3. The zero-order valence-corrected chi connectivity index (χ0v) is 15.3. The Morgan fingerprint density at radius 1 is 1.35 bits per heavy atom. The lowest BCUT2D eigenvalue weighted by atomic mass is 10.1. The first-order valence-electron chi connectivity index (χ1n) is 9.21. The Labute approximate surface area is 152 Å². The highest BCUT2D eigenvalue weighted by atomic mass is 16.5. The molecule has 0 aliphatic carbocycles. The molecule has 3 heterocycles. The van der Waals surface area contributed by atoms with Crippen LogP contribution in [0, 0.1) is 19.8 Å². The largest absolute Gasteiger partial charge is 0.381 e. The van der Waals surface area contributed by atoms with Gasteiger partial charge in [-0.1, -0.05) is 12.1 Å². The Bertz CT molecular complexity index is 957. The molecule has 1 aliphatic rings. The van der Waals surface area contributed by atoms with Crippen molar-refractivity contribution >= 4 is 22.5 Å². The summed E-state index contributed by atoms with van der Waals surface area (Å²) in [4.78, 5) is 17.0. The molecule has 0 unspecified atom stereocenters. The summed E-state index contributed by atoms with van der Waals surface area (Å²) in [5, 5.41) is 8.76. The van der Waals surface area contributed by atoms with Crippen molar-refractivity contribution in [3.05, 3.63) is 41.2 Å². The lowest BCUT2D eigenvalue weighted by molar-refractivity contribution is -0.121. The molecule has 1 amide bonds. The molecular formula is C20H24N4O2. The zero-order chi connectivity index (χ0) is 18.1. The molecule has 6 heteroatoms. The Balaban J connectivity index is 1.50. The Morgan fingerprint density at radius 2 is 2.19 bits per heavy atom. The maximum atomic E-state index is 12.2. The summed E-state index contributed by atoms with van der Waals surface area (Å²) >= 11 is 0. The number of hydrogen-bond donors (Lipinski definition) is 1. The van der Waals surface area contributed by atoms with Crippen LogP contribution in [-0.4, -0.2) is 40.3 Å². The van der Waals surface area contributed by atoms with Gasteiger partial charge in [0.1, 0.15) is 0 Å². The van der Waals surface area contributed by atoms with Crippen LogP contribution in [0.25, 0.3) is 16.6 Å². The SMILES string of the molecule is Cc1nc2c3ccccc3nn2c(C)c1CCC(=O)NC[C@H]1CCOC1. The number of carbonyl (C=O) groups is 1. The van der Waals surface area contributed by atoms with E-state index in [2.05, 4.69) is 17.3 Å². The number of nitrogens with one attached hydrogen (secondary N) is 1. The Morgan fingerprint density at radius 3 is 3.00 bits per heavy atom. The van der Waals surface area contributed by atoms with Gasteiger partial charge in [-0.2, -0.15) is 5.10 Å². The monoisotopic (exact) mass is 352 g/mol. The fourth-order valence-corrected chi connectivity index (χ4v) is 3.67. The second kappa shape index (κ2) is 7.03. The Hall–Kier alpha value is -2.47. The van der Waals surface area contributed by atoms with Gasteiger partial charge in [-0.15, -0.1) is 0 Å². The van der Waals surface area contributed by atoms with Crippen LogP contribution in [0.3, 0.4) is 0 Å². The van der Waals surface area contributed by atoms with E-state index in [-0.39, 0.29) is 5.91 Å². The van der Waals surface area contributed by atoms with Gasteiger partial charge < -0.3 is 10.1 Å². The van der Waals surface area contributed by atoms with Crippen molar-refractivity contribution in [2.24, 2.45) is 5.92 Å². The van der Waals surface area contributed by atoms with Gasteiger partial charge >= 0.3 is 0 Å². The minimum absolute atomic E-state index is 0.0847. The summed E-state index contributed by atoms with van der Waals surface area (Å²) in [5.74, 6) is 0.540. The van der Waals surface area contributed by atoms with Crippen molar-refractivity contribution in [2.75, 3.05) is 19.8 Å². The predicted octanol–water partition coefficient (Wildman–Crippen LogP) is 2.58. The number of nitrogens with zero attached hydrogens (tertiary/aromatic N) is 3. The summed E-state index contributed by atoms with van der Waals surface area (Å²) in [5.41, 5.74) is 4.95. The standard InChI is InChI=1S/C20H24N4O2/c1-13-16(7-8-19(25)21-11-15-9-10-26-12-15)14(2)24-20(22-13)17-5-3-4-6-18(17)23-24/h3-6,15H,7-12H2,1-2H3,(H,21,25)/t15-/m1/s1. The number of ether oxygens (including phenoxy) is 1. The Kier molecular flexibility index (Phi) is 4.59. The highest BCUT2D eigenvalue weighted by molar-refractivity contribution is 5.92. The summed E-state index contributed by atoms with van der Waals surface area (Å²) in [6, 6.07) is 8.03. The molecule has 0 spiro atoms. The first-order chi connectivity index (χ1) is 12.6. The minimum atomic E-state index is 0.0847. The van der Waals surface area contributed by atoms with E-state index >= 15 is 0 Å². The number of benzene rings is 1. The van der Waals surface area contributed by atoms with Crippen molar-refractivity contribution in [2.45, 2.75) is 33.1 Å². The molecule has 1 atom stereocenters. The van der Waals surface area contributed by atoms with Crippen LogP contribution in [0.4, 0.5) is 0 Å². The summed E-state index contributed by atoms with van der Waals surface area (Å²) in [6.45, 7) is 6.34. The molecule has 0 bridgehead atoms. The molecule has 0 saturated carbocycles. The van der Waals surface area contributed by atoms with Gasteiger partial charge in [-0.3, -0.25) is 4.79 Å². The number of aromatic nitrogens is 3. The van der Waals surface area contributed by atoms with E-state index in [1.165, 1.54) is 0 Å². The molecule has 1 N–H and O–H groups in total. The third kappa shape index (κ3) is 3.17. The van der Waals surface area contributed by atoms with Crippen LogP contribution in [0.15, 0.2) is 24.3 Å². The first-order valence-corrected chi connectivity index (χ1v) is 9.21. The third-order valence-corrected chi connectivity index (χ3v) is 5.23. The van der Waals surface area contributed by atoms with E-state index in [0.717, 1.165) is 53.1 Å². The van der Waals surface area contributed by atoms with Crippen molar-refractivity contribution in [3.63, 3.8) is 0 Å². The van der Waals surface area contributed by atoms with Crippen molar-refractivity contribution in [1.82, 2.24) is 19.9 Å². The first kappa shape index (κ1) is 17.0. The van der Waals surface area contributed by atoms with Gasteiger partial charge in [0, 0.05) is 42.3 Å². The second-order valence-electron chi connectivity index (χ2n) is 7.05. The molecule has 1 aromatic carbocycles. The number of hydrogen-bond acceptors (Lipinski definition) is 4. The molecule has 4 rings (SSSR count). The van der Waals surface area contributed by atoms with Gasteiger partial charge in [0.15, 0.2) is 5.65 Å². The fraction of sp³-hybridized carbons (Fsp3) is 0.450. The van der Waals surface area contributed by atoms with E-state index in [0.29, 0.717) is 25.3 Å². The quantitative estimate of drug-likeness (QED) is 0.766. The molecule has 0 radical (unpaired) electrons. The fourth-order valence-electron chi connectivity index (χ4n) is 3.67. The zero-order valence-electron chi connectivity index (χ0n) is 15.3. The predicted molar refractivity (Wildman–Crippen MR) is 100 cm³/mol. The molecule has 1 saturated heterocycles. The van der Waals surface area contributed by atoms with Crippen LogP contribution in [0.1, 0.15) is 29.8 Å². The van der Waals surface area contributed by atoms with Crippen LogP contribution in [0.2, 0.25) is 0 Å². The highest BCUT2D eigenvalue weighted by Crippen LogP contribution is 2.22. The lowest BCUT2D eigenvalue weighted by Gasteiger charge is -2.12. The van der Waals surface area contributed by atoms with Gasteiger partial charge in [0.2, 0.25) is 5.91 Å². The van der Waals surface area contributed by atoms with Crippen LogP contribution < -0.4 is 5.32 Å². The molecule has 1 aliphatic heterocycles. The normalized spacial score (nSPS) is 17.2. The van der Waals surface area contributed by atoms with E-state index in [1.807, 2.05) is 35.7 Å². The minimum Gasteiger partial charge on any atom is -0.381 e. The van der Waals surface area contributed by atoms with Gasteiger partial charge in [0.25, 0.3) is 0 Å². The second-order valence-corrected chi connectivity index (χ2v) is 7.05. The molecular weight excluding hydrogens is 328 g/mol. The average Bonchev–Trinajstić information content (AvgIpc) is 3.28. The topological polar surface area (TPSA) is 68.5 Å². The van der Waals surface area contributed by atoms with E-state index in [4.69, 9.17) is 9.72 Å². The van der Waals surface area contributed by atoms with E-state index < -0.39 is 0 Å². The van der Waals surface area contributed by atoms with E-state index in [9.17, 15) is 4.79 Å². The number of aryl methyl sites for hydroxylation is 2. The average molecular weight is 352 g/mol. The summed E-state index contributed by atoms with van der Waals surface area (Å²) in [6.07, 6.45) is 2.17. The molecule has 6 nitrogen and oxygen atoms in total. The molecule has 136 valence electrons. The van der Waals surface area contributed by atoms with Gasteiger partial charge in [-0.05, 0) is 44.4 Å². The summed E-state index contributed by atoms with van der Waals surface area (Å²) < 4.78 is 7.25. The van der Waals surface area contributed by atoms with Crippen molar-refractivity contribution in [1.29, 1.82) is 0 Å².